The molecule has 0 aliphatic rings. The molecule has 0 aliphatic carbocycles. The predicted octanol–water partition coefficient (Wildman–Crippen LogP) is 4.19. The van der Waals surface area contributed by atoms with Crippen LogP contribution in [0.2, 0.25) is 0 Å². The van der Waals surface area contributed by atoms with Gasteiger partial charge >= 0.3 is 0 Å². The van der Waals surface area contributed by atoms with Crippen molar-refractivity contribution in [3.8, 4) is 5.75 Å². The fourth-order valence-corrected chi connectivity index (χ4v) is 2.11. The lowest BCUT2D eigenvalue weighted by Crippen LogP contribution is -2.00. The summed E-state index contributed by atoms with van der Waals surface area (Å²) in [6, 6.07) is 12.1. The van der Waals surface area contributed by atoms with E-state index < -0.39 is 0 Å². The zero-order chi connectivity index (χ0) is 14.5. The first-order chi connectivity index (χ1) is 9.60. The lowest BCUT2D eigenvalue weighted by Gasteiger charge is -2.12. The fraction of sp³-hybridized carbons (Fsp3) is 0.222. The summed E-state index contributed by atoms with van der Waals surface area (Å²) < 4.78 is 5.92. The summed E-state index contributed by atoms with van der Waals surface area (Å²) in [4.78, 5) is 0. The Balaban J connectivity index is 2.13. The Hall–Kier alpha value is -2.22. The number of anilines is 1. The fourth-order valence-electron chi connectivity index (χ4n) is 2.11. The number of hydrogen-bond acceptors (Lipinski definition) is 2. The van der Waals surface area contributed by atoms with Crippen molar-refractivity contribution in [1.29, 1.82) is 0 Å². The van der Waals surface area contributed by atoms with E-state index in [1.165, 1.54) is 16.7 Å². The summed E-state index contributed by atoms with van der Waals surface area (Å²) in [7, 11) is 0. The van der Waals surface area contributed by atoms with Crippen molar-refractivity contribution in [1.82, 2.24) is 0 Å². The topological polar surface area (TPSA) is 35.2 Å². The van der Waals surface area contributed by atoms with Crippen molar-refractivity contribution in [2.24, 2.45) is 0 Å². The average molecular weight is 267 g/mol. The van der Waals surface area contributed by atoms with Crippen LogP contribution in [0.5, 0.6) is 5.75 Å². The Labute approximate surface area is 120 Å². The first-order valence-corrected chi connectivity index (χ1v) is 6.78. The molecule has 2 aromatic carbocycles. The summed E-state index contributed by atoms with van der Waals surface area (Å²) >= 11 is 0. The minimum Gasteiger partial charge on any atom is -0.489 e. The third kappa shape index (κ3) is 3.41. The molecular weight excluding hydrogens is 246 g/mol. The Morgan fingerprint density at radius 3 is 2.60 bits per heavy atom. The van der Waals surface area contributed by atoms with Gasteiger partial charge in [-0.25, -0.2) is 0 Å². The molecule has 0 saturated heterocycles. The highest BCUT2D eigenvalue weighted by molar-refractivity contribution is 5.48. The van der Waals surface area contributed by atoms with Crippen LogP contribution in [0.4, 0.5) is 5.69 Å². The van der Waals surface area contributed by atoms with Gasteiger partial charge in [-0.2, -0.15) is 0 Å². The van der Waals surface area contributed by atoms with Gasteiger partial charge in [-0.05, 0) is 60.7 Å². The predicted molar refractivity (Wildman–Crippen MR) is 85.0 cm³/mol. The van der Waals surface area contributed by atoms with Crippen molar-refractivity contribution < 1.29 is 4.74 Å². The average Bonchev–Trinajstić information content (AvgIpc) is 2.42. The van der Waals surface area contributed by atoms with Crippen molar-refractivity contribution in [3.05, 3.63) is 71.3 Å². The van der Waals surface area contributed by atoms with Crippen LogP contribution in [-0.4, -0.2) is 0 Å². The van der Waals surface area contributed by atoms with Crippen LogP contribution in [0.3, 0.4) is 0 Å². The minimum absolute atomic E-state index is 0.565. The molecule has 0 atom stereocenters. The molecule has 2 N–H and O–H groups in total. The smallest absolute Gasteiger partial charge is 0.123 e. The quantitative estimate of drug-likeness (QED) is 0.651. The SMILES string of the molecule is C=CCc1cc(N)ccc1OCc1ccc(C)c(C)c1. The molecule has 2 nitrogen and oxygen atoms in total. The maximum Gasteiger partial charge on any atom is 0.123 e. The van der Waals surface area contributed by atoms with Crippen LogP contribution < -0.4 is 10.5 Å². The molecule has 0 spiro atoms. The van der Waals surface area contributed by atoms with Gasteiger partial charge < -0.3 is 10.5 Å². The molecule has 0 bridgehead atoms. The maximum atomic E-state index is 5.92. The number of hydrogen-bond donors (Lipinski definition) is 1. The number of ether oxygens (including phenoxy) is 1. The highest BCUT2D eigenvalue weighted by atomic mass is 16.5. The number of nitrogens with two attached hydrogens (primary N) is 1. The first-order valence-electron chi connectivity index (χ1n) is 6.78. The van der Waals surface area contributed by atoms with Crippen molar-refractivity contribution in [3.63, 3.8) is 0 Å². The molecule has 2 aromatic rings. The Kier molecular flexibility index (Phi) is 4.46. The van der Waals surface area contributed by atoms with Gasteiger partial charge in [0.15, 0.2) is 0 Å². The number of rotatable bonds is 5. The molecule has 0 heterocycles. The van der Waals surface area contributed by atoms with Crippen LogP contribution in [0, 0.1) is 13.8 Å². The van der Waals surface area contributed by atoms with Crippen molar-refractivity contribution in [2.45, 2.75) is 26.9 Å². The third-order valence-electron chi connectivity index (χ3n) is 3.41. The van der Waals surface area contributed by atoms with Gasteiger partial charge in [0, 0.05) is 5.69 Å². The van der Waals surface area contributed by atoms with Crippen LogP contribution in [0.25, 0.3) is 0 Å². The molecule has 0 unspecified atom stereocenters. The molecule has 2 heteroatoms. The Bertz CT molecular complexity index is 617. The van der Waals surface area contributed by atoms with E-state index in [9.17, 15) is 0 Å². The number of benzene rings is 2. The summed E-state index contributed by atoms with van der Waals surface area (Å²) in [5, 5.41) is 0. The molecular formula is C18H21NO. The van der Waals surface area contributed by atoms with E-state index in [0.29, 0.717) is 6.61 Å². The van der Waals surface area contributed by atoms with Gasteiger partial charge in [0.05, 0.1) is 0 Å². The molecule has 0 fully saturated rings. The standard InChI is InChI=1S/C18H21NO/c1-4-5-16-11-17(19)8-9-18(16)20-12-15-7-6-13(2)14(3)10-15/h4,6-11H,1,5,12,19H2,2-3H3. The van der Waals surface area contributed by atoms with Crippen LogP contribution in [-0.2, 0) is 13.0 Å². The molecule has 2 rings (SSSR count). The summed E-state index contributed by atoms with van der Waals surface area (Å²) in [5.41, 5.74) is 11.4. The van der Waals surface area contributed by atoms with Gasteiger partial charge in [0.1, 0.15) is 12.4 Å². The number of nitrogen functional groups attached to an aromatic ring is 1. The highest BCUT2D eigenvalue weighted by Crippen LogP contribution is 2.23. The highest BCUT2D eigenvalue weighted by Gasteiger charge is 2.04. The monoisotopic (exact) mass is 267 g/mol. The Morgan fingerprint density at radius 1 is 1.10 bits per heavy atom. The van der Waals surface area contributed by atoms with Gasteiger partial charge in [-0.3, -0.25) is 0 Å². The van der Waals surface area contributed by atoms with E-state index in [4.69, 9.17) is 10.5 Å². The van der Waals surface area contributed by atoms with Crippen LogP contribution in [0.1, 0.15) is 22.3 Å². The first kappa shape index (κ1) is 14.2. The maximum absolute atomic E-state index is 5.92. The van der Waals surface area contributed by atoms with Crippen molar-refractivity contribution in [2.75, 3.05) is 5.73 Å². The summed E-state index contributed by atoms with van der Waals surface area (Å²) in [5.74, 6) is 0.873. The molecule has 104 valence electrons. The second-order valence-electron chi connectivity index (χ2n) is 5.07. The van der Waals surface area contributed by atoms with Crippen LogP contribution in [0.15, 0.2) is 49.1 Å². The second-order valence-corrected chi connectivity index (χ2v) is 5.07. The molecule has 0 amide bonds. The Morgan fingerprint density at radius 2 is 1.90 bits per heavy atom. The van der Waals surface area contributed by atoms with E-state index in [-0.39, 0.29) is 0 Å². The van der Waals surface area contributed by atoms with Crippen LogP contribution >= 0.6 is 0 Å². The molecule has 0 radical (unpaired) electrons. The normalized spacial score (nSPS) is 10.3. The summed E-state index contributed by atoms with van der Waals surface area (Å²) in [6.45, 7) is 8.56. The zero-order valence-corrected chi connectivity index (χ0v) is 12.1. The second kappa shape index (κ2) is 6.29. The van der Waals surface area contributed by atoms with E-state index >= 15 is 0 Å². The lowest BCUT2D eigenvalue weighted by molar-refractivity contribution is 0.303. The van der Waals surface area contributed by atoms with Gasteiger partial charge in [-0.15, -0.1) is 6.58 Å². The van der Waals surface area contributed by atoms with Gasteiger partial charge in [0.2, 0.25) is 0 Å². The molecule has 0 aliphatic heterocycles. The molecule has 20 heavy (non-hydrogen) atoms. The summed E-state index contributed by atoms with van der Waals surface area (Å²) in [6.07, 6.45) is 2.62. The van der Waals surface area contributed by atoms with E-state index in [1.54, 1.807) is 0 Å². The van der Waals surface area contributed by atoms with E-state index in [1.807, 2.05) is 24.3 Å². The van der Waals surface area contributed by atoms with E-state index in [0.717, 1.165) is 23.4 Å². The number of allylic oxidation sites excluding steroid dienone is 1. The lowest BCUT2D eigenvalue weighted by atomic mass is 10.1. The third-order valence-corrected chi connectivity index (χ3v) is 3.41. The van der Waals surface area contributed by atoms with Gasteiger partial charge in [0.25, 0.3) is 0 Å². The molecule has 0 aromatic heterocycles. The van der Waals surface area contributed by atoms with Gasteiger partial charge in [-0.1, -0.05) is 24.3 Å². The van der Waals surface area contributed by atoms with Crippen molar-refractivity contribution >= 4 is 5.69 Å². The number of aryl methyl sites for hydroxylation is 2. The minimum atomic E-state index is 0.565. The van der Waals surface area contributed by atoms with E-state index in [2.05, 4.69) is 38.6 Å². The molecule has 0 saturated carbocycles. The zero-order valence-electron chi connectivity index (χ0n) is 12.1. The largest absolute Gasteiger partial charge is 0.489 e.